The molecule has 1 aliphatic heterocycles. The van der Waals surface area contributed by atoms with Crippen molar-refractivity contribution < 1.29 is 9.32 Å². The van der Waals surface area contributed by atoms with Gasteiger partial charge in [0, 0.05) is 13.1 Å². The van der Waals surface area contributed by atoms with E-state index in [-0.39, 0.29) is 17.6 Å². The van der Waals surface area contributed by atoms with Crippen molar-refractivity contribution in [3.05, 3.63) is 41.8 Å². The predicted molar refractivity (Wildman–Crippen MR) is 84.2 cm³/mol. The van der Waals surface area contributed by atoms with Crippen LogP contribution in [0.1, 0.15) is 41.1 Å². The van der Waals surface area contributed by atoms with Crippen molar-refractivity contribution in [3.63, 3.8) is 0 Å². The molecule has 0 unspecified atom stereocenters. The Balaban J connectivity index is 1.56. The van der Waals surface area contributed by atoms with Gasteiger partial charge < -0.3 is 9.42 Å². The number of benzene rings is 1. The SMILES string of the molecule is Cc1noc([C@@H]2CCCN(C(=O)c3nnc4ccccc4n3)C2)n1. The van der Waals surface area contributed by atoms with Crippen LogP contribution in [0.25, 0.3) is 11.0 Å². The van der Waals surface area contributed by atoms with E-state index in [1.165, 1.54) is 0 Å². The van der Waals surface area contributed by atoms with Crippen LogP contribution in [0.3, 0.4) is 0 Å². The molecule has 0 spiro atoms. The quantitative estimate of drug-likeness (QED) is 0.708. The second-order valence-corrected chi connectivity index (χ2v) is 5.89. The highest BCUT2D eigenvalue weighted by atomic mass is 16.5. The third-order valence-electron chi connectivity index (χ3n) is 4.15. The average molecular weight is 324 g/mol. The number of carbonyl (C=O) groups is 1. The second kappa shape index (κ2) is 5.95. The maximum atomic E-state index is 12.7. The van der Waals surface area contributed by atoms with Crippen LogP contribution in [0.5, 0.6) is 0 Å². The summed E-state index contributed by atoms with van der Waals surface area (Å²) in [5, 5.41) is 11.9. The molecule has 1 aliphatic rings. The van der Waals surface area contributed by atoms with Gasteiger partial charge in [0.05, 0.1) is 11.4 Å². The normalized spacial score (nSPS) is 18.0. The van der Waals surface area contributed by atoms with Crippen molar-refractivity contribution in [2.24, 2.45) is 0 Å². The first-order valence-corrected chi connectivity index (χ1v) is 7.89. The number of rotatable bonds is 2. The van der Waals surface area contributed by atoms with Crippen LogP contribution in [0.4, 0.5) is 0 Å². The lowest BCUT2D eigenvalue weighted by Crippen LogP contribution is -2.40. The van der Waals surface area contributed by atoms with E-state index in [1.807, 2.05) is 24.3 Å². The third kappa shape index (κ3) is 2.70. The lowest BCUT2D eigenvalue weighted by atomic mass is 9.98. The number of aryl methyl sites for hydroxylation is 1. The van der Waals surface area contributed by atoms with Gasteiger partial charge in [-0.05, 0) is 31.9 Å². The minimum absolute atomic E-state index is 0.0531. The van der Waals surface area contributed by atoms with Gasteiger partial charge in [-0.25, -0.2) is 4.98 Å². The van der Waals surface area contributed by atoms with E-state index >= 15 is 0 Å². The first-order valence-electron chi connectivity index (χ1n) is 7.89. The predicted octanol–water partition coefficient (Wildman–Crippen LogP) is 1.74. The first-order chi connectivity index (χ1) is 11.7. The van der Waals surface area contributed by atoms with Crippen molar-refractivity contribution >= 4 is 16.9 Å². The Morgan fingerprint density at radius 2 is 2.04 bits per heavy atom. The van der Waals surface area contributed by atoms with E-state index < -0.39 is 0 Å². The summed E-state index contributed by atoms with van der Waals surface area (Å²) in [6, 6.07) is 7.36. The fraction of sp³-hybridized carbons (Fsp3) is 0.375. The summed E-state index contributed by atoms with van der Waals surface area (Å²) in [6.07, 6.45) is 1.79. The van der Waals surface area contributed by atoms with Crippen LogP contribution in [0.2, 0.25) is 0 Å². The Kier molecular flexibility index (Phi) is 3.64. The van der Waals surface area contributed by atoms with E-state index in [0.29, 0.717) is 35.8 Å². The van der Waals surface area contributed by atoms with Crippen LogP contribution in [0.15, 0.2) is 28.8 Å². The number of likely N-dealkylation sites (tertiary alicyclic amines) is 1. The highest BCUT2D eigenvalue weighted by Crippen LogP contribution is 2.26. The van der Waals surface area contributed by atoms with Gasteiger partial charge in [0.1, 0.15) is 5.52 Å². The molecule has 0 N–H and O–H groups in total. The summed E-state index contributed by atoms with van der Waals surface area (Å²) in [5.41, 5.74) is 1.34. The zero-order chi connectivity index (χ0) is 16.5. The molecular formula is C16H16N6O2. The fourth-order valence-corrected chi connectivity index (χ4v) is 2.96. The van der Waals surface area contributed by atoms with Crippen molar-refractivity contribution in [2.75, 3.05) is 13.1 Å². The molecule has 122 valence electrons. The second-order valence-electron chi connectivity index (χ2n) is 5.89. The number of fused-ring (bicyclic) bond motifs is 1. The number of carbonyl (C=O) groups excluding carboxylic acids is 1. The Hall–Kier alpha value is -2.90. The minimum Gasteiger partial charge on any atom is -0.339 e. The van der Waals surface area contributed by atoms with E-state index in [1.54, 1.807) is 11.8 Å². The molecule has 0 radical (unpaired) electrons. The molecular weight excluding hydrogens is 308 g/mol. The summed E-state index contributed by atoms with van der Waals surface area (Å²) in [6.45, 7) is 2.97. The molecule has 8 nitrogen and oxygen atoms in total. The lowest BCUT2D eigenvalue weighted by Gasteiger charge is -2.30. The van der Waals surface area contributed by atoms with Crippen LogP contribution in [-0.2, 0) is 0 Å². The third-order valence-corrected chi connectivity index (χ3v) is 4.15. The van der Waals surface area contributed by atoms with Crippen LogP contribution in [0, 0.1) is 6.92 Å². The Bertz CT molecular complexity index is 893. The number of piperidine rings is 1. The summed E-state index contributed by atoms with van der Waals surface area (Å²) < 4.78 is 5.25. The van der Waals surface area contributed by atoms with Gasteiger partial charge in [0.25, 0.3) is 5.91 Å². The molecule has 24 heavy (non-hydrogen) atoms. The van der Waals surface area contributed by atoms with Gasteiger partial charge >= 0.3 is 0 Å². The van der Waals surface area contributed by atoms with Gasteiger partial charge in [-0.2, -0.15) is 4.98 Å². The molecule has 1 aromatic carbocycles. The van der Waals surface area contributed by atoms with Crippen molar-refractivity contribution in [3.8, 4) is 0 Å². The Morgan fingerprint density at radius 1 is 1.21 bits per heavy atom. The summed E-state index contributed by atoms with van der Waals surface area (Å²) >= 11 is 0. The Morgan fingerprint density at radius 3 is 2.83 bits per heavy atom. The van der Waals surface area contributed by atoms with Gasteiger partial charge in [-0.15, -0.1) is 10.2 Å². The van der Waals surface area contributed by atoms with E-state index in [4.69, 9.17) is 4.52 Å². The summed E-state index contributed by atoms with van der Waals surface area (Å²) in [4.78, 5) is 23.1. The number of para-hydroxylation sites is 1. The topological polar surface area (TPSA) is 97.9 Å². The van der Waals surface area contributed by atoms with Gasteiger partial charge in [-0.3, -0.25) is 4.79 Å². The zero-order valence-electron chi connectivity index (χ0n) is 13.2. The zero-order valence-corrected chi connectivity index (χ0v) is 13.2. The van der Waals surface area contributed by atoms with E-state index in [2.05, 4.69) is 25.3 Å². The summed E-state index contributed by atoms with van der Waals surface area (Å²) in [5.74, 6) is 1.15. The molecule has 0 aliphatic carbocycles. The molecule has 3 heterocycles. The van der Waals surface area contributed by atoms with Crippen molar-refractivity contribution in [2.45, 2.75) is 25.7 Å². The monoisotopic (exact) mass is 324 g/mol. The van der Waals surface area contributed by atoms with Gasteiger partial charge in [0.2, 0.25) is 11.7 Å². The molecule has 1 saturated heterocycles. The molecule has 1 atom stereocenters. The summed E-state index contributed by atoms with van der Waals surface area (Å²) in [7, 11) is 0. The smallest absolute Gasteiger partial charge is 0.293 e. The molecule has 1 fully saturated rings. The number of hydrogen-bond acceptors (Lipinski definition) is 7. The molecule has 4 rings (SSSR count). The average Bonchev–Trinajstić information content (AvgIpc) is 3.07. The maximum absolute atomic E-state index is 12.7. The fourth-order valence-electron chi connectivity index (χ4n) is 2.96. The number of nitrogens with zero attached hydrogens (tertiary/aromatic N) is 6. The molecule has 0 bridgehead atoms. The highest BCUT2D eigenvalue weighted by Gasteiger charge is 2.30. The van der Waals surface area contributed by atoms with Gasteiger partial charge in [-0.1, -0.05) is 17.3 Å². The highest BCUT2D eigenvalue weighted by molar-refractivity contribution is 5.92. The lowest BCUT2D eigenvalue weighted by molar-refractivity contribution is 0.0682. The standard InChI is InChI=1S/C16H16N6O2/c1-10-17-15(24-21-10)11-5-4-8-22(9-11)16(23)14-18-12-6-2-3-7-13(12)19-20-14/h2-3,6-7,11H,4-5,8-9H2,1H3/t11-/m1/s1. The number of amides is 1. The maximum Gasteiger partial charge on any atom is 0.293 e. The van der Waals surface area contributed by atoms with Crippen LogP contribution >= 0.6 is 0 Å². The van der Waals surface area contributed by atoms with E-state index in [9.17, 15) is 4.79 Å². The number of hydrogen-bond donors (Lipinski definition) is 0. The minimum atomic E-state index is -0.214. The van der Waals surface area contributed by atoms with Crippen LogP contribution < -0.4 is 0 Å². The molecule has 2 aromatic heterocycles. The molecule has 0 saturated carbocycles. The van der Waals surface area contributed by atoms with Crippen molar-refractivity contribution in [1.29, 1.82) is 0 Å². The largest absolute Gasteiger partial charge is 0.339 e. The molecule has 8 heteroatoms. The van der Waals surface area contributed by atoms with Gasteiger partial charge in [0.15, 0.2) is 5.82 Å². The number of aromatic nitrogens is 5. The van der Waals surface area contributed by atoms with E-state index in [0.717, 1.165) is 12.8 Å². The molecule has 1 amide bonds. The molecule has 3 aromatic rings. The first kappa shape index (κ1) is 14.7. The van der Waals surface area contributed by atoms with Crippen molar-refractivity contribution in [1.82, 2.24) is 30.2 Å². The van der Waals surface area contributed by atoms with Crippen LogP contribution in [-0.4, -0.2) is 49.2 Å². The Labute approximate surface area is 137 Å².